The lowest BCUT2D eigenvalue weighted by molar-refractivity contribution is -0.136. The summed E-state index contributed by atoms with van der Waals surface area (Å²) in [6.45, 7) is 2.43. The molecule has 1 unspecified atom stereocenters. The molecule has 49 heavy (non-hydrogen) atoms. The smallest absolute Gasteiger partial charge is 0.262 e. The molecule has 12 nitrogen and oxygen atoms in total. The summed E-state index contributed by atoms with van der Waals surface area (Å²) in [7, 11) is 3.65. The number of amides is 5. The number of nitrogens with zero attached hydrogens (tertiary/aromatic N) is 4. The molecular weight excluding hydrogens is 624 g/mol. The van der Waals surface area contributed by atoms with E-state index in [1.165, 1.54) is 23.6 Å². The van der Waals surface area contributed by atoms with Gasteiger partial charge in [0.05, 0.1) is 23.8 Å². The molecule has 0 aliphatic carbocycles. The number of ether oxygens (including phenoxy) is 1. The zero-order chi connectivity index (χ0) is 34.2. The van der Waals surface area contributed by atoms with Gasteiger partial charge in [0.25, 0.3) is 17.7 Å². The van der Waals surface area contributed by atoms with Crippen molar-refractivity contribution in [1.82, 2.24) is 30.0 Å². The standard InChI is InChI=1S/C37H34N6O6/c1-41(16-17-42-29-8-4-3-6-25(29)26-7-5-15-38-33(26)42)21-22-9-10-24(31(18-22)49-2)20-39-34(45)23-11-12-27-28(19-23)37(48)43(36(27)47)30-13-14-32(44)40-35(30)46/h3-12,15,18-19,30H,13-14,16-17,20-21H2,1-2H3,(H,39,45)(H,40,44,46). The molecule has 3 aromatic carbocycles. The number of fused-ring (bicyclic) bond motifs is 4. The molecule has 2 aliphatic rings. The molecule has 12 heteroatoms. The molecule has 1 saturated heterocycles. The van der Waals surface area contributed by atoms with Gasteiger partial charge in [-0.25, -0.2) is 4.98 Å². The normalized spacial score (nSPS) is 16.1. The van der Waals surface area contributed by atoms with E-state index in [2.05, 4.69) is 50.3 Å². The van der Waals surface area contributed by atoms with Crippen LogP contribution in [0.3, 0.4) is 0 Å². The number of benzene rings is 3. The summed E-state index contributed by atoms with van der Waals surface area (Å²) in [5.41, 5.74) is 4.31. The van der Waals surface area contributed by atoms with E-state index in [1.54, 1.807) is 7.11 Å². The topological polar surface area (TPSA) is 143 Å². The van der Waals surface area contributed by atoms with Gasteiger partial charge in [0.2, 0.25) is 11.8 Å². The number of para-hydroxylation sites is 1. The third-order valence-corrected chi connectivity index (χ3v) is 9.18. The zero-order valence-corrected chi connectivity index (χ0v) is 27.1. The molecule has 0 saturated carbocycles. The van der Waals surface area contributed by atoms with Crippen LogP contribution >= 0.6 is 0 Å². The Balaban J connectivity index is 0.983. The second-order valence-electron chi connectivity index (χ2n) is 12.3. The van der Waals surface area contributed by atoms with Crippen molar-refractivity contribution in [1.29, 1.82) is 0 Å². The summed E-state index contributed by atoms with van der Waals surface area (Å²) in [6, 6.07) is 21.5. The fourth-order valence-electron chi connectivity index (χ4n) is 6.68. The molecule has 2 N–H and O–H groups in total. The molecule has 4 heterocycles. The summed E-state index contributed by atoms with van der Waals surface area (Å²) in [5, 5.41) is 7.38. The van der Waals surface area contributed by atoms with Crippen molar-refractivity contribution in [3.8, 4) is 5.75 Å². The van der Waals surface area contributed by atoms with Crippen LogP contribution in [0.15, 0.2) is 79.0 Å². The molecule has 1 atom stereocenters. The van der Waals surface area contributed by atoms with Crippen LogP contribution in [0, 0.1) is 0 Å². The van der Waals surface area contributed by atoms with Crippen LogP contribution in [0.2, 0.25) is 0 Å². The van der Waals surface area contributed by atoms with Crippen LogP contribution in [0.1, 0.15) is 55.0 Å². The van der Waals surface area contributed by atoms with Crippen molar-refractivity contribution in [2.24, 2.45) is 0 Å². The van der Waals surface area contributed by atoms with E-state index in [4.69, 9.17) is 4.74 Å². The van der Waals surface area contributed by atoms with Gasteiger partial charge in [-0.1, -0.05) is 30.3 Å². The third kappa shape index (κ3) is 5.91. The monoisotopic (exact) mass is 658 g/mol. The molecule has 5 amide bonds. The van der Waals surface area contributed by atoms with Gasteiger partial charge in [-0.15, -0.1) is 0 Å². The largest absolute Gasteiger partial charge is 0.496 e. The summed E-state index contributed by atoms with van der Waals surface area (Å²) in [6.07, 6.45) is 1.91. The Hall–Kier alpha value is -5.88. The molecular formula is C37H34N6O6. The minimum Gasteiger partial charge on any atom is -0.496 e. The van der Waals surface area contributed by atoms with E-state index in [9.17, 15) is 24.0 Å². The highest BCUT2D eigenvalue weighted by Gasteiger charge is 2.44. The molecule has 248 valence electrons. The lowest BCUT2D eigenvalue weighted by atomic mass is 10.0. The van der Waals surface area contributed by atoms with E-state index >= 15 is 0 Å². The Kier molecular flexibility index (Phi) is 8.39. The Morgan fingerprint density at radius 3 is 2.59 bits per heavy atom. The predicted molar refractivity (Wildman–Crippen MR) is 181 cm³/mol. The number of nitrogens with one attached hydrogen (secondary N) is 2. The average molecular weight is 659 g/mol. The van der Waals surface area contributed by atoms with Crippen molar-refractivity contribution >= 4 is 51.5 Å². The van der Waals surface area contributed by atoms with E-state index in [-0.39, 0.29) is 36.1 Å². The quantitative estimate of drug-likeness (QED) is 0.217. The van der Waals surface area contributed by atoms with Crippen molar-refractivity contribution in [2.75, 3.05) is 20.7 Å². The number of likely N-dealkylation sites (N-methyl/N-ethyl adjacent to an activating group) is 1. The number of aromatic nitrogens is 2. The maximum Gasteiger partial charge on any atom is 0.262 e. The number of carbonyl (C=O) groups is 5. The second-order valence-corrected chi connectivity index (χ2v) is 12.3. The second kappa shape index (κ2) is 13.0. The van der Waals surface area contributed by atoms with E-state index in [1.807, 2.05) is 42.6 Å². The fourth-order valence-corrected chi connectivity index (χ4v) is 6.68. The van der Waals surface area contributed by atoms with Crippen LogP contribution in [0.5, 0.6) is 5.75 Å². The highest BCUT2D eigenvalue weighted by atomic mass is 16.5. The van der Waals surface area contributed by atoms with Crippen LogP contribution < -0.4 is 15.4 Å². The molecule has 2 aromatic heterocycles. The van der Waals surface area contributed by atoms with E-state index in [0.29, 0.717) is 12.3 Å². The van der Waals surface area contributed by atoms with E-state index < -0.39 is 35.6 Å². The maximum atomic E-state index is 13.2. The first-order valence-corrected chi connectivity index (χ1v) is 16.0. The van der Waals surface area contributed by atoms with Crippen LogP contribution in [-0.4, -0.2) is 75.6 Å². The van der Waals surface area contributed by atoms with Crippen LogP contribution in [0.25, 0.3) is 21.9 Å². The molecule has 7 rings (SSSR count). The number of hydrogen-bond donors (Lipinski definition) is 2. The number of hydrogen-bond acceptors (Lipinski definition) is 8. The first-order valence-electron chi connectivity index (χ1n) is 16.0. The van der Waals surface area contributed by atoms with Crippen LogP contribution in [0.4, 0.5) is 0 Å². The van der Waals surface area contributed by atoms with Crippen molar-refractivity contribution in [3.63, 3.8) is 0 Å². The van der Waals surface area contributed by atoms with Crippen molar-refractivity contribution in [3.05, 3.63) is 107 Å². The van der Waals surface area contributed by atoms with E-state index in [0.717, 1.165) is 45.7 Å². The highest BCUT2D eigenvalue weighted by Crippen LogP contribution is 2.30. The van der Waals surface area contributed by atoms with Gasteiger partial charge in [-0.2, -0.15) is 0 Å². The Labute approximate surface area is 281 Å². The predicted octanol–water partition coefficient (Wildman–Crippen LogP) is 3.66. The number of rotatable bonds is 10. The molecule has 2 aliphatic heterocycles. The first-order chi connectivity index (χ1) is 23.7. The SMILES string of the molecule is COc1cc(CN(C)CCn2c3ccccc3c3cccnc32)ccc1CNC(=O)c1ccc2c(c1)C(=O)N(C1CCC(=O)NC1=O)C2=O. The summed E-state index contributed by atoms with van der Waals surface area (Å²) in [5.74, 6) is -2.23. The fraction of sp³-hybridized carbons (Fsp3) is 0.243. The van der Waals surface area contributed by atoms with Crippen LogP contribution in [-0.2, 0) is 29.2 Å². The van der Waals surface area contributed by atoms with Crippen molar-refractivity contribution in [2.45, 2.75) is 38.5 Å². The van der Waals surface area contributed by atoms with Gasteiger partial charge >= 0.3 is 0 Å². The lowest BCUT2D eigenvalue weighted by Crippen LogP contribution is -2.54. The lowest BCUT2D eigenvalue weighted by Gasteiger charge is -2.27. The first kappa shape index (κ1) is 31.7. The minimum absolute atomic E-state index is 0.0279. The molecule has 0 spiro atoms. The number of carbonyl (C=O) groups excluding carboxylic acids is 5. The highest BCUT2D eigenvalue weighted by molar-refractivity contribution is 6.24. The maximum absolute atomic E-state index is 13.2. The zero-order valence-electron chi connectivity index (χ0n) is 27.1. The van der Waals surface area contributed by atoms with Gasteiger partial charge in [-0.05, 0) is 61.5 Å². The third-order valence-electron chi connectivity index (χ3n) is 9.18. The number of imide groups is 2. The summed E-state index contributed by atoms with van der Waals surface area (Å²) in [4.78, 5) is 71.0. The van der Waals surface area contributed by atoms with Gasteiger partial charge in [0, 0.05) is 60.7 Å². The molecule has 5 aromatic rings. The van der Waals surface area contributed by atoms with Gasteiger partial charge < -0.3 is 19.5 Å². The van der Waals surface area contributed by atoms with Gasteiger partial charge in [0.15, 0.2) is 0 Å². The van der Waals surface area contributed by atoms with Gasteiger partial charge in [-0.3, -0.25) is 34.2 Å². The Morgan fingerprint density at radius 1 is 0.980 bits per heavy atom. The average Bonchev–Trinajstić information content (AvgIpc) is 3.56. The minimum atomic E-state index is -1.07. The summed E-state index contributed by atoms with van der Waals surface area (Å²) >= 11 is 0. The number of pyridine rings is 1. The van der Waals surface area contributed by atoms with Gasteiger partial charge in [0.1, 0.15) is 17.4 Å². The molecule has 0 radical (unpaired) electrons. The number of piperidine rings is 1. The summed E-state index contributed by atoms with van der Waals surface area (Å²) < 4.78 is 7.93. The molecule has 0 bridgehead atoms. The molecule has 1 fully saturated rings. The number of methoxy groups -OCH3 is 1. The Morgan fingerprint density at radius 2 is 1.78 bits per heavy atom. The Bertz CT molecular complexity index is 2120. The van der Waals surface area contributed by atoms with Crippen molar-refractivity contribution < 1.29 is 28.7 Å².